The minimum absolute atomic E-state index is 0.0133. The van der Waals surface area contributed by atoms with Crippen LogP contribution in [0.15, 0.2) is 53.1 Å². The lowest BCUT2D eigenvalue weighted by atomic mass is 9.70. The van der Waals surface area contributed by atoms with Gasteiger partial charge in [0.05, 0.1) is 24.5 Å². The van der Waals surface area contributed by atoms with Gasteiger partial charge in [-0.25, -0.2) is 0 Å². The maximum absolute atomic E-state index is 13.7. The lowest BCUT2D eigenvalue weighted by Gasteiger charge is -2.31. The third-order valence-corrected chi connectivity index (χ3v) is 9.72. The van der Waals surface area contributed by atoms with Gasteiger partial charge in [-0.05, 0) is 68.0 Å². The number of likely N-dealkylation sites (tertiary alicyclic amines) is 1. The van der Waals surface area contributed by atoms with E-state index in [0.717, 1.165) is 67.7 Å². The van der Waals surface area contributed by atoms with Crippen LogP contribution in [0.25, 0.3) is 16.8 Å². The summed E-state index contributed by atoms with van der Waals surface area (Å²) in [4.78, 5) is 28.8. The molecule has 5 nitrogen and oxygen atoms in total. The van der Waals surface area contributed by atoms with Crippen molar-refractivity contribution in [3.05, 3.63) is 58.7 Å². The van der Waals surface area contributed by atoms with E-state index >= 15 is 0 Å². The van der Waals surface area contributed by atoms with E-state index in [1.165, 1.54) is 23.1 Å². The fraction of sp³-hybridized carbons (Fsp3) is 0.529. The highest BCUT2D eigenvalue weighted by Gasteiger charge is 2.57. The van der Waals surface area contributed by atoms with Crippen molar-refractivity contribution >= 4 is 28.7 Å². The summed E-state index contributed by atoms with van der Waals surface area (Å²) in [6.45, 7) is 4.91. The molecule has 2 aliphatic carbocycles. The molecule has 0 radical (unpaired) electrons. The van der Waals surface area contributed by atoms with Crippen LogP contribution in [-0.4, -0.2) is 40.6 Å². The summed E-state index contributed by atoms with van der Waals surface area (Å²) in [7, 11) is 0. The predicted molar refractivity (Wildman–Crippen MR) is 154 cm³/mol. The van der Waals surface area contributed by atoms with Crippen molar-refractivity contribution in [1.82, 2.24) is 4.90 Å². The molecule has 206 valence electrons. The van der Waals surface area contributed by atoms with E-state index < -0.39 is 0 Å². The number of imide groups is 1. The third kappa shape index (κ3) is 4.73. The number of hydrogen-bond donors (Lipinski definition) is 1. The first-order valence-corrected chi connectivity index (χ1v) is 15.1. The van der Waals surface area contributed by atoms with Crippen LogP contribution in [0.4, 0.5) is 0 Å². The van der Waals surface area contributed by atoms with E-state index in [-0.39, 0.29) is 41.7 Å². The summed E-state index contributed by atoms with van der Waals surface area (Å²) < 4.78 is 6.41. The zero-order valence-electron chi connectivity index (χ0n) is 23.3. The number of rotatable bonds is 7. The van der Waals surface area contributed by atoms with Crippen LogP contribution in [-0.2, 0) is 14.3 Å². The molecule has 2 aromatic carbocycles. The van der Waals surface area contributed by atoms with Crippen molar-refractivity contribution in [2.24, 2.45) is 17.8 Å². The van der Waals surface area contributed by atoms with Crippen molar-refractivity contribution in [2.45, 2.75) is 90.2 Å². The lowest BCUT2D eigenvalue weighted by Crippen LogP contribution is -2.42. The average molecular weight is 528 g/mol. The van der Waals surface area contributed by atoms with Gasteiger partial charge in [-0.15, -0.1) is 0 Å². The van der Waals surface area contributed by atoms with E-state index in [1.807, 2.05) is 24.3 Å². The standard InChI is InChI=1S/C34H41NO4/c1-3-9-22(19-23-15-16-29(36)26-13-8-7-12-25(23)26)14-17-30-31-21(2)18-27-32(28(31)20-39-30)34(38)35(33(27)37)24-10-5-4-6-11-24/h7-8,12-13,15-16,19,24,27-28,30,32,36H,3-6,9-11,14,17-18,20H2,1-2H3/b22-19+/t27-,28+,30-,32-/m1/s1. The van der Waals surface area contributed by atoms with Crippen LogP contribution in [0, 0.1) is 17.8 Å². The van der Waals surface area contributed by atoms with Gasteiger partial charge in [-0.1, -0.05) is 80.2 Å². The molecule has 4 atom stereocenters. The second-order valence-electron chi connectivity index (χ2n) is 12.1. The second kappa shape index (κ2) is 10.9. The Balaban J connectivity index is 1.20. The molecule has 39 heavy (non-hydrogen) atoms. The first kappa shape index (κ1) is 26.3. The van der Waals surface area contributed by atoms with E-state index in [0.29, 0.717) is 18.8 Å². The first-order chi connectivity index (χ1) is 19.0. The maximum atomic E-state index is 13.7. The highest BCUT2D eigenvalue weighted by atomic mass is 16.5. The predicted octanol–water partition coefficient (Wildman–Crippen LogP) is 7.18. The van der Waals surface area contributed by atoms with Crippen LogP contribution in [0.3, 0.4) is 0 Å². The zero-order valence-corrected chi connectivity index (χ0v) is 23.3. The smallest absolute Gasteiger partial charge is 0.234 e. The first-order valence-electron chi connectivity index (χ1n) is 15.1. The SMILES string of the molecule is CCC/C(=C\c1ccc(O)c2ccccc12)CC[C@H]1OC[C@H]2C1=C(C)C[C@H]1C(=O)N(C3CCCCC3)C(=O)[C@H]12. The highest BCUT2D eigenvalue weighted by molar-refractivity contribution is 6.06. The molecular formula is C34H41NO4. The average Bonchev–Trinajstić information content (AvgIpc) is 3.48. The summed E-state index contributed by atoms with van der Waals surface area (Å²) >= 11 is 0. The number of aromatic hydroxyl groups is 1. The Bertz CT molecular complexity index is 1330. The van der Waals surface area contributed by atoms with Gasteiger partial charge < -0.3 is 9.84 Å². The van der Waals surface area contributed by atoms with Gasteiger partial charge in [0.2, 0.25) is 11.8 Å². The molecule has 0 spiro atoms. The topological polar surface area (TPSA) is 66.8 Å². The fourth-order valence-electron chi connectivity index (χ4n) is 7.91. The van der Waals surface area contributed by atoms with E-state index in [2.05, 4.69) is 26.0 Å². The number of phenols is 1. The van der Waals surface area contributed by atoms with Gasteiger partial charge in [-0.3, -0.25) is 14.5 Å². The van der Waals surface area contributed by atoms with E-state index in [1.54, 1.807) is 11.0 Å². The zero-order chi connectivity index (χ0) is 27.1. The molecule has 2 aliphatic heterocycles. The Morgan fingerprint density at radius 3 is 2.54 bits per heavy atom. The summed E-state index contributed by atoms with van der Waals surface area (Å²) in [5.41, 5.74) is 5.07. The number of carbonyl (C=O) groups is 2. The Hall–Kier alpha value is -2.92. The molecular weight excluding hydrogens is 486 g/mol. The minimum Gasteiger partial charge on any atom is -0.507 e. The number of carbonyl (C=O) groups excluding carboxylic acids is 2. The summed E-state index contributed by atoms with van der Waals surface area (Å²) in [5, 5.41) is 12.3. The number of allylic oxidation sites excluding steroid dienone is 2. The number of ether oxygens (including phenoxy) is 1. The quantitative estimate of drug-likeness (QED) is 0.306. The molecule has 0 aromatic heterocycles. The molecule has 5 heteroatoms. The monoisotopic (exact) mass is 527 g/mol. The second-order valence-corrected chi connectivity index (χ2v) is 12.1. The maximum Gasteiger partial charge on any atom is 0.234 e. The molecule has 2 heterocycles. The van der Waals surface area contributed by atoms with Gasteiger partial charge in [0.1, 0.15) is 5.75 Å². The number of amides is 2. The molecule has 2 aromatic rings. The fourth-order valence-corrected chi connectivity index (χ4v) is 7.91. The third-order valence-electron chi connectivity index (χ3n) is 9.72. The summed E-state index contributed by atoms with van der Waals surface area (Å²) in [5.74, 6) is 0.0598. The number of hydrogen-bond acceptors (Lipinski definition) is 4. The Morgan fingerprint density at radius 2 is 1.77 bits per heavy atom. The van der Waals surface area contributed by atoms with Crippen LogP contribution in [0.2, 0.25) is 0 Å². The molecule has 4 aliphatic rings. The van der Waals surface area contributed by atoms with Crippen molar-refractivity contribution < 1.29 is 19.4 Å². The van der Waals surface area contributed by atoms with Crippen molar-refractivity contribution in [1.29, 1.82) is 0 Å². The largest absolute Gasteiger partial charge is 0.507 e. The van der Waals surface area contributed by atoms with Crippen LogP contribution in [0.1, 0.15) is 83.6 Å². The Kier molecular flexibility index (Phi) is 7.37. The van der Waals surface area contributed by atoms with Gasteiger partial charge in [0.25, 0.3) is 0 Å². The highest BCUT2D eigenvalue weighted by Crippen LogP contribution is 2.50. The van der Waals surface area contributed by atoms with Gasteiger partial charge in [0.15, 0.2) is 0 Å². The van der Waals surface area contributed by atoms with Crippen LogP contribution < -0.4 is 0 Å². The minimum atomic E-state index is -0.239. The molecule has 1 saturated carbocycles. The van der Waals surface area contributed by atoms with Crippen LogP contribution in [0.5, 0.6) is 5.75 Å². The summed E-state index contributed by atoms with van der Waals surface area (Å²) in [6.07, 6.45) is 12.2. The molecule has 2 amide bonds. The van der Waals surface area contributed by atoms with E-state index in [4.69, 9.17) is 4.74 Å². The molecule has 1 N–H and O–H groups in total. The number of phenolic OH excluding ortho intramolecular Hbond substituents is 1. The number of fused-ring (bicyclic) bond motifs is 4. The van der Waals surface area contributed by atoms with Gasteiger partial charge in [-0.2, -0.15) is 0 Å². The van der Waals surface area contributed by atoms with E-state index in [9.17, 15) is 14.7 Å². The molecule has 3 fully saturated rings. The normalized spacial score (nSPS) is 27.9. The summed E-state index contributed by atoms with van der Waals surface area (Å²) in [6, 6.07) is 11.9. The Morgan fingerprint density at radius 1 is 1.00 bits per heavy atom. The van der Waals surface area contributed by atoms with Crippen molar-refractivity contribution in [3.63, 3.8) is 0 Å². The molecule has 0 bridgehead atoms. The van der Waals surface area contributed by atoms with Gasteiger partial charge in [0, 0.05) is 17.3 Å². The number of nitrogens with zero attached hydrogens (tertiary/aromatic N) is 1. The van der Waals surface area contributed by atoms with Crippen LogP contribution >= 0.6 is 0 Å². The molecule has 6 rings (SSSR count). The number of benzene rings is 2. The van der Waals surface area contributed by atoms with Crippen molar-refractivity contribution in [3.8, 4) is 5.75 Å². The van der Waals surface area contributed by atoms with Crippen molar-refractivity contribution in [2.75, 3.05) is 6.61 Å². The molecule has 2 saturated heterocycles. The van der Waals surface area contributed by atoms with Gasteiger partial charge >= 0.3 is 0 Å². The molecule has 0 unspecified atom stereocenters. The lowest BCUT2D eigenvalue weighted by molar-refractivity contribution is -0.143. The Labute approximate surface area is 231 Å².